The number of carbonyl (C=O) groups is 1. The van der Waals surface area contributed by atoms with Crippen molar-refractivity contribution in [2.45, 2.75) is 44.8 Å². The summed E-state index contributed by atoms with van der Waals surface area (Å²) in [5.74, 6) is -0.0919. The minimum absolute atomic E-state index is 0.0919. The van der Waals surface area contributed by atoms with Crippen molar-refractivity contribution in [3.8, 4) is 0 Å². The van der Waals surface area contributed by atoms with E-state index in [1.165, 1.54) is 0 Å². The fraction of sp³-hybridized carbons (Fsp3) is 0.533. The van der Waals surface area contributed by atoms with Gasteiger partial charge in [-0.05, 0) is 31.4 Å². The molecule has 0 saturated carbocycles. The first-order chi connectivity index (χ1) is 8.77. The molecule has 1 atom stereocenters. The standard InChI is InChI=1S/C15H21NO2/c1-2-9-15(10-6-11-16-15)14(17)18-12-13-7-4-3-5-8-13/h3-5,7-8,16H,2,6,9-12H2,1H3/t15-/m0/s1. The summed E-state index contributed by atoms with van der Waals surface area (Å²) >= 11 is 0. The highest BCUT2D eigenvalue weighted by atomic mass is 16.5. The lowest BCUT2D eigenvalue weighted by molar-refractivity contribution is -0.152. The second kappa shape index (κ2) is 6.01. The first kappa shape index (κ1) is 13.1. The molecule has 0 unspecified atom stereocenters. The molecule has 1 aliphatic heterocycles. The molecule has 1 saturated heterocycles. The van der Waals surface area contributed by atoms with Gasteiger partial charge < -0.3 is 10.1 Å². The Morgan fingerprint density at radius 2 is 2.17 bits per heavy atom. The SMILES string of the molecule is CCC[C@@]1(C(=O)OCc2ccccc2)CCCN1. The van der Waals surface area contributed by atoms with Crippen LogP contribution in [0.25, 0.3) is 0 Å². The summed E-state index contributed by atoms with van der Waals surface area (Å²) in [5.41, 5.74) is 0.610. The van der Waals surface area contributed by atoms with E-state index in [2.05, 4.69) is 12.2 Å². The second-order valence-corrected chi connectivity index (χ2v) is 4.92. The predicted molar refractivity (Wildman–Crippen MR) is 71.1 cm³/mol. The number of nitrogens with one attached hydrogen (secondary N) is 1. The summed E-state index contributed by atoms with van der Waals surface area (Å²) in [6.07, 6.45) is 3.81. The van der Waals surface area contributed by atoms with Gasteiger partial charge in [0.05, 0.1) is 0 Å². The van der Waals surface area contributed by atoms with Crippen LogP contribution in [-0.4, -0.2) is 18.1 Å². The van der Waals surface area contributed by atoms with Gasteiger partial charge in [-0.3, -0.25) is 4.79 Å². The highest BCUT2D eigenvalue weighted by molar-refractivity contribution is 5.81. The summed E-state index contributed by atoms with van der Waals surface area (Å²) in [6, 6.07) is 9.82. The summed E-state index contributed by atoms with van der Waals surface area (Å²) in [4.78, 5) is 12.2. The third-order valence-electron chi connectivity index (χ3n) is 3.52. The van der Waals surface area contributed by atoms with E-state index < -0.39 is 5.54 Å². The lowest BCUT2D eigenvalue weighted by Gasteiger charge is -2.26. The van der Waals surface area contributed by atoms with Crippen LogP contribution in [0.4, 0.5) is 0 Å². The number of rotatable bonds is 5. The van der Waals surface area contributed by atoms with Crippen LogP contribution in [0.2, 0.25) is 0 Å². The summed E-state index contributed by atoms with van der Waals surface area (Å²) in [5, 5.41) is 3.33. The Hall–Kier alpha value is -1.35. The van der Waals surface area contributed by atoms with Crippen molar-refractivity contribution in [1.82, 2.24) is 5.32 Å². The van der Waals surface area contributed by atoms with Crippen molar-refractivity contribution < 1.29 is 9.53 Å². The maximum atomic E-state index is 12.2. The monoisotopic (exact) mass is 247 g/mol. The normalized spacial score (nSPS) is 22.9. The topological polar surface area (TPSA) is 38.3 Å². The molecular weight excluding hydrogens is 226 g/mol. The Morgan fingerprint density at radius 3 is 2.78 bits per heavy atom. The molecule has 98 valence electrons. The van der Waals surface area contributed by atoms with Gasteiger partial charge in [0, 0.05) is 0 Å². The lowest BCUT2D eigenvalue weighted by Crippen LogP contribution is -2.48. The second-order valence-electron chi connectivity index (χ2n) is 4.92. The van der Waals surface area contributed by atoms with Crippen LogP contribution in [0.5, 0.6) is 0 Å². The quantitative estimate of drug-likeness (QED) is 0.813. The van der Waals surface area contributed by atoms with E-state index in [4.69, 9.17) is 4.74 Å². The molecule has 1 aliphatic rings. The van der Waals surface area contributed by atoms with E-state index in [1.54, 1.807) is 0 Å². The number of carbonyl (C=O) groups excluding carboxylic acids is 1. The minimum atomic E-state index is -0.427. The van der Waals surface area contributed by atoms with Gasteiger partial charge in [0.15, 0.2) is 0 Å². The number of esters is 1. The average Bonchev–Trinajstić information content (AvgIpc) is 2.87. The maximum absolute atomic E-state index is 12.2. The Bertz CT molecular complexity index is 383. The van der Waals surface area contributed by atoms with Crippen LogP contribution in [0.3, 0.4) is 0 Å². The fourth-order valence-corrected chi connectivity index (χ4v) is 2.58. The smallest absolute Gasteiger partial charge is 0.326 e. The lowest BCUT2D eigenvalue weighted by atomic mass is 9.92. The average molecular weight is 247 g/mol. The zero-order valence-electron chi connectivity index (χ0n) is 10.9. The molecule has 1 aromatic carbocycles. The van der Waals surface area contributed by atoms with E-state index in [0.717, 1.165) is 37.8 Å². The maximum Gasteiger partial charge on any atom is 0.326 e. The van der Waals surface area contributed by atoms with Crippen molar-refractivity contribution in [3.05, 3.63) is 35.9 Å². The van der Waals surface area contributed by atoms with E-state index >= 15 is 0 Å². The Kier molecular flexibility index (Phi) is 4.37. The minimum Gasteiger partial charge on any atom is -0.459 e. The highest BCUT2D eigenvalue weighted by Crippen LogP contribution is 2.26. The van der Waals surface area contributed by atoms with Gasteiger partial charge in [0.2, 0.25) is 0 Å². The van der Waals surface area contributed by atoms with Gasteiger partial charge in [-0.1, -0.05) is 43.7 Å². The molecule has 2 rings (SSSR count). The van der Waals surface area contributed by atoms with Crippen molar-refractivity contribution in [2.24, 2.45) is 0 Å². The van der Waals surface area contributed by atoms with Crippen LogP contribution in [0, 0.1) is 0 Å². The summed E-state index contributed by atoms with van der Waals surface area (Å²) < 4.78 is 5.47. The third-order valence-corrected chi connectivity index (χ3v) is 3.52. The zero-order valence-corrected chi connectivity index (χ0v) is 10.9. The van der Waals surface area contributed by atoms with E-state index in [1.807, 2.05) is 30.3 Å². The summed E-state index contributed by atoms with van der Waals surface area (Å²) in [6.45, 7) is 3.39. The fourth-order valence-electron chi connectivity index (χ4n) is 2.58. The largest absolute Gasteiger partial charge is 0.459 e. The Morgan fingerprint density at radius 1 is 1.39 bits per heavy atom. The van der Waals surface area contributed by atoms with Gasteiger partial charge in [0.25, 0.3) is 0 Å². The van der Waals surface area contributed by atoms with E-state index in [0.29, 0.717) is 6.61 Å². The number of hydrogen-bond donors (Lipinski definition) is 1. The molecule has 3 nitrogen and oxygen atoms in total. The first-order valence-corrected chi connectivity index (χ1v) is 6.73. The molecule has 0 radical (unpaired) electrons. The van der Waals surface area contributed by atoms with Gasteiger partial charge in [-0.2, -0.15) is 0 Å². The van der Waals surface area contributed by atoms with Crippen LogP contribution in [0.1, 0.15) is 38.2 Å². The number of hydrogen-bond acceptors (Lipinski definition) is 3. The molecule has 0 aromatic heterocycles. The van der Waals surface area contributed by atoms with Crippen molar-refractivity contribution in [3.63, 3.8) is 0 Å². The number of ether oxygens (including phenoxy) is 1. The van der Waals surface area contributed by atoms with Gasteiger partial charge >= 0.3 is 5.97 Å². The molecule has 18 heavy (non-hydrogen) atoms. The van der Waals surface area contributed by atoms with Crippen LogP contribution < -0.4 is 5.32 Å². The first-order valence-electron chi connectivity index (χ1n) is 6.73. The van der Waals surface area contributed by atoms with Crippen molar-refractivity contribution in [2.75, 3.05) is 6.54 Å². The number of benzene rings is 1. The molecule has 0 spiro atoms. The molecular formula is C15H21NO2. The molecule has 3 heteroatoms. The van der Waals surface area contributed by atoms with Crippen LogP contribution >= 0.6 is 0 Å². The predicted octanol–water partition coefficient (Wildman–Crippen LogP) is 2.65. The Balaban J connectivity index is 1.94. The summed E-state index contributed by atoms with van der Waals surface area (Å²) in [7, 11) is 0. The van der Waals surface area contributed by atoms with Gasteiger partial charge in [-0.15, -0.1) is 0 Å². The van der Waals surface area contributed by atoms with Crippen LogP contribution in [-0.2, 0) is 16.1 Å². The van der Waals surface area contributed by atoms with Gasteiger partial charge in [-0.25, -0.2) is 0 Å². The molecule has 1 N–H and O–H groups in total. The van der Waals surface area contributed by atoms with Gasteiger partial charge in [0.1, 0.15) is 12.1 Å². The Labute approximate surface area is 109 Å². The highest BCUT2D eigenvalue weighted by Gasteiger charge is 2.41. The molecule has 0 bridgehead atoms. The zero-order chi connectivity index (χ0) is 12.8. The van der Waals surface area contributed by atoms with Crippen LogP contribution in [0.15, 0.2) is 30.3 Å². The van der Waals surface area contributed by atoms with Crippen molar-refractivity contribution >= 4 is 5.97 Å². The molecule has 1 heterocycles. The van der Waals surface area contributed by atoms with E-state index in [9.17, 15) is 4.79 Å². The van der Waals surface area contributed by atoms with E-state index in [-0.39, 0.29) is 5.97 Å². The third kappa shape index (κ3) is 2.91. The molecule has 0 aliphatic carbocycles. The van der Waals surface area contributed by atoms with Crippen molar-refractivity contribution in [1.29, 1.82) is 0 Å². The molecule has 1 fully saturated rings. The molecule has 1 aromatic rings. The molecule has 0 amide bonds.